The Morgan fingerprint density at radius 3 is 2.52 bits per heavy atom. The Labute approximate surface area is 149 Å². The smallest absolute Gasteiger partial charge is 0.186 e. The van der Waals surface area contributed by atoms with Crippen molar-refractivity contribution < 1.29 is 28.8 Å². The average molecular weight is 352 g/mol. The Balaban J connectivity index is 1.87. The van der Waals surface area contributed by atoms with E-state index in [2.05, 4.69) is 0 Å². The molecule has 1 aromatic rings. The van der Waals surface area contributed by atoms with Gasteiger partial charge in [0.1, 0.15) is 24.4 Å². The molecule has 0 aromatic heterocycles. The Bertz CT molecular complexity index is 573. The van der Waals surface area contributed by atoms with Gasteiger partial charge in [0, 0.05) is 7.11 Å². The van der Waals surface area contributed by atoms with Crippen LogP contribution in [0.3, 0.4) is 0 Å². The molecule has 2 aliphatic heterocycles. The lowest BCUT2D eigenvalue weighted by atomic mass is 9.93. The molecule has 1 aromatic carbocycles. The molecule has 0 spiro atoms. The van der Waals surface area contributed by atoms with E-state index in [9.17, 15) is 5.11 Å². The molecule has 0 amide bonds. The van der Waals surface area contributed by atoms with Crippen molar-refractivity contribution in [3.8, 4) is 0 Å². The lowest BCUT2D eigenvalue weighted by Crippen LogP contribution is -2.66. The molecule has 0 bridgehead atoms. The summed E-state index contributed by atoms with van der Waals surface area (Å²) in [6, 6.07) is 9.91. The topological polar surface area (TPSA) is 66.4 Å². The normalized spacial score (nSPS) is 35.2. The Hall–Kier alpha value is -1.02. The zero-order valence-electron chi connectivity index (χ0n) is 15.5. The first-order valence-electron chi connectivity index (χ1n) is 8.65. The molecule has 2 saturated heterocycles. The second kappa shape index (κ2) is 6.95. The predicted octanol–water partition coefficient (Wildman–Crippen LogP) is 2.19. The van der Waals surface area contributed by atoms with E-state index >= 15 is 0 Å². The molecular weight excluding hydrogens is 324 g/mol. The van der Waals surface area contributed by atoms with Gasteiger partial charge >= 0.3 is 0 Å². The van der Waals surface area contributed by atoms with E-state index in [-0.39, 0.29) is 6.10 Å². The van der Waals surface area contributed by atoms with Crippen LogP contribution in [0.5, 0.6) is 0 Å². The fourth-order valence-electron chi connectivity index (χ4n) is 3.39. The first-order valence-corrected chi connectivity index (χ1v) is 8.65. The summed E-state index contributed by atoms with van der Waals surface area (Å²) in [5.41, 5.74) is 0.407. The fourth-order valence-corrected chi connectivity index (χ4v) is 3.39. The highest BCUT2D eigenvalue weighted by Gasteiger charge is 2.53. The Morgan fingerprint density at radius 1 is 1.20 bits per heavy atom. The summed E-state index contributed by atoms with van der Waals surface area (Å²) in [6.45, 7) is 8.00. The van der Waals surface area contributed by atoms with Crippen molar-refractivity contribution in [2.24, 2.45) is 0 Å². The molecular formula is C19H28O6. The molecule has 2 fully saturated rings. The van der Waals surface area contributed by atoms with Gasteiger partial charge in [-0.15, -0.1) is 0 Å². The number of aliphatic hydroxyl groups is 1. The average Bonchev–Trinajstić information content (AvgIpc) is 2.58. The second-order valence-corrected chi connectivity index (χ2v) is 7.52. The van der Waals surface area contributed by atoms with Crippen molar-refractivity contribution in [3.63, 3.8) is 0 Å². The van der Waals surface area contributed by atoms with E-state index in [0.29, 0.717) is 6.61 Å². The van der Waals surface area contributed by atoms with Crippen molar-refractivity contribution in [2.45, 2.75) is 69.8 Å². The van der Waals surface area contributed by atoms with Crippen LogP contribution in [-0.2, 0) is 29.3 Å². The second-order valence-electron chi connectivity index (χ2n) is 7.52. The van der Waals surface area contributed by atoms with Crippen molar-refractivity contribution in [3.05, 3.63) is 35.9 Å². The minimum Gasteiger partial charge on any atom is -0.385 e. The number of fused-ring (bicyclic) bond motifs is 1. The summed E-state index contributed by atoms with van der Waals surface area (Å²) in [7, 11) is 1.50. The highest BCUT2D eigenvalue weighted by Crippen LogP contribution is 2.37. The van der Waals surface area contributed by atoms with E-state index in [1.165, 1.54) is 7.11 Å². The molecule has 140 valence electrons. The number of methoxy groups -OCH3 is 1. The highest BCUT2D eigenvalue weighted by atomic mass is 16.8. The fraction of sp³-hybridized carbons (Fsp3) is 0.684. The van der Waals surface area contributed by atoms with E-state index in [0.717, 1.165) is 5.56 Å². The third-order valence-corrected chi connectivity index (χ3v) is 4.76. The maximum atomic E-state index is 10.8. The monoisotopic (exact) mass is 352 g/mol. The number of hydrogen-bond donors (Lipinski definition) is 1. The minimum atomic E-state index is -0.969. The standard InChI is InChI=1S/C19H28O6/c1-18(2,12-9-7-6-8-10-12)24-16-14(20)17(21-5)23-13-11-22-19(3,4)25-15(13)16/h6-10,13-17,20H,11H2,1-5H3/t13-,14-,15-,16-,17-/m1/s1. The zero-order valence-corrected chi connectivity index (χ0v) is 15.5. The van der Waals surface area contributed by atoms with Crippen LogP contribution in [0.15, 0.2) is 30.3 Å². The van der Waals surface area contributed by atoms with Crippen LogP contribution in [0.1, 0.15) is 33.3 Å². The maximum Gasteiger partial charge on any atom is 0.186 e. The van der Waals surface area contributed by atoms with Crippen LogP contribution >= 0.6 is 0 Å². The van der Waals surface area contributed by atoms with Gasteiger partial charge < -0.3 is 28.8 Å². The van der Waals surface area contributed by atoms with Crippen LogP contribution in [0, 0.1) is 0 Å². The largest absolute Gasteiger partial charge is 0.385 e. The van der Waals surface area contributed by atoms with Crippen LogP contribution in [0.25, 0.3) is 0 Å². The molecule has 6 heteroatoms. The lowest BCUT2D eigenvalue weighted by molar-refractivity contribution is -0.390. The van der Waals surface area contributed by atoms with Gasteiger partial charge in [-0.25, -0.2) is 0 Å². The molecule has 1 N–H and O–H groups in total. The third-order valence-electron chi connectivity index (χ3n) is 4.76. The van der Waals surface area contributed by atoms with Gasteiger partial charge in [0.05, 0.1) is 12.2 Å². The van der Waals surface area contributed by atoms with Gasteiger partial charge in [-0.1, -0.05) is 30.3 Å². The molecule has 0 saturated carbocycles. The lowest BCUT2D eigenvalue weighted by Gasteiger charge is -2.51. The van der Waals surface area contributed by atoms with Gasteiger partial charge in [-0.3, -0.25) is 0 Å². The Morgan fingerprint density at radius 2 is 1.88 bits per heavy atom. The van der Waals surface area contributed by atoms with Crippen molar-refractivity contribution >= 4 is 0 Å². The quantitative estimate of drug-likeness (QED) is 0.896. The third kappa shape index (κ3) is 3.89. The number of ether oxygens (including phenoxy) is 5. The van der Waals surface area contributed by atoms with Gasteiger partial charge in [-0.05, 0) is 33.3 Å². The first-order chi connectivity index (χ1) is 11.7. The van der Waals surface area contributed by atoms with Crippen LogP contribution in [0.2, 0.25) is 0 Å². The predicted molar refractivity (Wildman–Crippen MR) is 90.9 cm³/mol. The van der Waals surface area contributed by atoms with Crippen molar-refractivity contribution in [1.82, 2.24) is 0 Å². The summed E-state index contributed by atoms with van der Waals surface area (Å²) in [6.07, 6.45) is -3.18. The van der Waals surface area contributed by atoms with E-state index in [4.69, 9.17) is 23.7 Å². The molecule has 0 unspecified atom stereocenters. The number of benzene rings is 1. The minimum absolute atomic E-state index is 0.357. The van der Waals surface area contributed by atoms with Gasteiger partial charge in [-0.2, -0.15) is 0 Å². The molecule has 25 heavy (non-hydrogen) atoms. The first kappa shape index (κ1) is 18.8. The van der Waals surface area contributed by atoms with Crippen molar-refractivity contribution in [1.29, 1.82) is 0 Å². The summed E-state index contributed by atoms with van der Waals surface area (Å²) < 4.78 is 29.2. The molecule has 3 rings (SSSR count). The van der Waals surface area contributed by atoms with Crippen LogP contribution < -0.4 is 0 Å². The molecule has 0 aliphatic carbocycles. The molecule has 5 atom stereocenters. The summed E-state index contributed by atoms with van der Waals surface area (Å²) in [5.74, 6) is -0.761. The Kier molecular flexibility index (Phi) is 5.21. The maximum absolute atomic E-state index is 10.8. The summed E-state index contributed by atoms with van der Waals surface area (Å²) >= 11 is 0. The summed E-state index contributed by atoms with van der Waals surface area (Å²) in [4.78, 5) is 0. The molecule has 2 aliphatic rings. The highest BCUT2D eigenvalue weighted by molar-refractivity contribution is 5.21. The molecule has 0 radical (unpaired) electrons. The molecule has 6 nitrogen and oxygen atoms in total. The van der Waals surface area contributed by atoms with Gasteiger partial charge in [0.25, 0.3) is 0 Å². The molecule has 2 heterocycles. The number of hydrogen-bond acceptors (Lipinski definition) is 6. The number of aliphatic hydroxyl groups excluding tert-OH is 1. The number of rotatable bonds is 4. The SMILES string of the molecule is CO[C@@H]1O[C@@H]2COC(C)(C)O[C@H]2[C@H](OC(C)(C)c2ccccc2)[C@H]1O. The van der Waals surface area contributed by atoms with E-state index in [1.54, 1.807) is 0 Å². The zero-order chi connectivity index (χ0) is 18.2. The van der Waals surface area contributed by atoms with Gasteiger partial charge in [0.15, 0.2) is 12.1 Å². The van der Waals surface area contributed by atoms with E-state index < -0.39 is 36.0 Å². The van der Waals surface area contributed by atoms with Gasteiger partial charge in [0.2, 0.25) is 0 Å². The van der Waals surface area contributed by atoms with Crippen LogP contribution in [0.4, 0.5) is 0 Å². The summed E-state index contributed by atoms with van der Waals surface area (Å²) in [5, 5.41) is 10.8. The van der Waals surface area contributed by atoms with Crippen molar-refractivity contribution in [2.75, 3.05) is 13.7 Å². The van der Waals surface area contributed by atoms with Crippen LogP contribution in [-0.4, -0.2) is 55.3 Å². The van der Waals surface area contributed by atoms with E-state index in [1.807, 2.05) is 58.0 Å².